The van der Waals surface area contributed by atoms with E-state index in [0.717, 1.165) is 19.3 Å². The highest BCUT2D eigenvalue weighted by molar-refractivity contribution is 5.76. The molecule has 0 heteroatoms. The maximum absolute atomic E-state index is 3.82. The minimum atomic E-state index is 0.615. The van der Waals surface area contributed by atoms with E-state index in [1.807, 2.05) is 12.2 Å². The van der Waals surface area contributed by atoms with Crippen molar-refractivity contribution in [3.8, 4) is 0 Å². The predicted octanol–water partition coefficient (Wildman–Crippen LogP) is 7.76. The van der Waals surface area contributed by atoms with Crippen molar-refractivity contribution in [2.75, 3.05) is 0 Å². The molecule has 0 aliphatic heterocycles. The molecule has 0 heterocycles. The molecule has 0 aromatic heterocycles. The first-order valence-electron chi connectivity index (χ1n) is 9.72. The third kappa shape index (κ3) is 5.88. The van der Waals surface area contributed by atoms with Crippen LogP contribution >= 0.6 is 0 Å². The van der Waals surface area contributed by atoms with Gasteiger partial charge >= 0.3 is 0 Å². The Morgan fingerprint density at radius 2 is 1.92 bits per heavy atom. The van der Waals surface area contributed by atoms with E-state index in [0.29, 0.717) is 5.92 Å². The lowest BCUT2D eigenvalue weighted by atomic mass is 9.93. The van der Waals surface area contributed by atoms with Gasteiger partial charge in [0, 0.05) is 0 Å². The second-order valence-corrected chi connectivity index (χ2v) is 7.02. The highest BCUT2D eigenvalue weighted by atomic mass is 14.1. The Morgan fingerprint density at radius 3 is 2.65 bits per heavy atom. The second-order valence-electron chi connectivity index (χ2n) is 7.02. The molecule has 1 aromatic carbocycles. The lowest BCUT2D eigenvalue weighted by Crippen LogP contribution is -1.94. The van der Waals surface area contributed by atoms with Crippen LogP contribution in [0.1, 0.15) is 50.7 Å². The van der Waals surface area contributed by atoms with Gasteiger partial charge in [-0.1, -0.05) is 91.9 Å². The minimum Gasteiger partial charge on any atom is -0.0991 e. The lowest BCUT2D eigenvalue weighted by Gasteiger charge is -2.12. The molecule has 1 unspecified atom stereocenters. The van der Waals surface area contributed by atoms with Crippen molar-refractivity contribution in [1.29, 1.82) is 0 Å². The van der Waals surface area contributed by atoms with Crippen LogP contribution in [0.15, 0.2) is 90.6 Å². The van der Waals surface area contributed by atoms with Gasteiger partial charge in [-0.25, -0.2) is 0 Å². The molecule has 0 saturated carbocycles. The van der Waals surface area contributed by atoms with Crippen LogP contribution in [0.4, 0.5) is 0 Å². The monoisotopic (exact) mass is 344 g/mol. The van der Waals surface area contributed by atoms with E-state index in [4.69, 9.17) is 0 Å². The SMILES string of the molecule is C=C/C=C\C1=C(/C)C/C=C\C(CC)C/C=C\C(c2ccccc2C)=C/C1. The van der Waals surface area contributed by atoms with E-state index < -0.39 is 0 Å². The molecule has 0 spiro atoms. The van der Waals surface area contributed by atoms with Gasteiger partial charge in [-0.3, -0.25) is 0 Å². The van der Waals surface area contributed by atoms with Crippen molar-refractivity contribution in [3.63, 3.8) is 0 Å². The first kappa shape index (κ1) is 20.0. The normalized spacial score (nSPS) is 26.4. The quantitative estimate of drug-likeness (QED) is 0.387. The summed E-state index contributed by atoms with van der Waals surface area (Å²) in [5, 5.41) is 0. The maximum Gasteiger partial charge on any atom is -0.00887 e. The summed E-state index contributed by atoms with van der Waals surface area (Å²) in [4.78, 5) is 0. The topological polar surface area (TPSA) is 0 Å². The van der Waals surface area contributed by atoms with E-state index in [2.05, 4.69) is 88.1 Å². The molecule has 0 nitrogen and oxygen atoms in total. The minimum absolute atomic E-state index is 0.615. The number of benzene rings is 1. The van der Waals surface area contributed by atoms with Crippen molar-refractivity contribution in [3.05, 3.63) is 102 Å². The predicted molar refractivity (Wildman–Crippen MR) is 117 cm³/mol. The van der Waals surface area contributed by atoms with Crippen molar-refractivity contribution in [1.82, 2.24) is 0 Å². The third-order valence-electron chi connectivity index (χ3n) is 5.07. The molecular formula is C26H32. The fourth-order valence-electron chi connectivity index (χ4n) is 3.27. The van der Waals surface area contributed by atoms with Gasteiger partial charge < -0.3 is 0 Å². The lowest BCUT2D eigenvalue weighted by molar-refractivity contribution is 0.636. The molecule has 0 N–H and O–H groups in total. The largest absolute Gasteiger partial charge is 0.0991 e. The van der Waals surface area contributed by atoms with Crippen molar-refractivity contribution >= 4 is 5.57 Å². The second kappa shape index (κ2) is 10.6. The summed E-state index contributed by atoms with van der Waals surface area (Å²) in [7, 11) is 0. The molecule has 0 radical (unpaired) electrons. The van der Waals surface area contributed by atoms with Crippen molar-refractivity contribution < 1.29 is 0 Å². The Hall–Kier alpha value is -2.34. The molecule has 2 rings (SSSR count). The van der Waals surface area contributed by atoms with Crippen LogP contribution in [-0.2, 0) is 0 Å². The summed E-state index contributed by atoms with van der Waals surface area (Å²) in [6.45, 7) is 10.5. The van der Waals surface area contributed by atoms with Gasteiger partial charge in [0.25, 0.3) is 0 Å². The maximum atomic E-state index is 3.82. The van der Waals surface area contributed by atoms with Crippen molar-refractivity contribution in [2.24, 2.45) is 5.92 Å². The summed E-state index contributed by atoms with van der Waals surface area (Å²) < 4.78 is 0. The molecule has 0 fully saturated rings. The molecule has 0 amide bonds. The zero-order valence-corrected chi connectivity index (χ0v) is 16.5. The summed E-state index contributed by atoms with van der Waals surface area (Å²) in [5.41, 5.74) is 6.78. The number of allylic oxidation sites excluding steroid dienone is 11. The van der Waals surface area contributed by atoms with Gasteiger partial charge in [-0.2, -0.15) is 0 Å². The molecule has 1 aromatic rings. The highest BCUT2D eigenvalue weighted by Gasteiger charge is 2.06. The van der Waals surface area contributed by atoms with Crippen LogP contribution in [0, 0.1) is 12.8 Å². The van der Waals surface area contributed by atoms with Gasteiger partial charge in [0.05, 0.1) is 0 Å². The molecule has 1 aliphatic rings. The van der Waals surface area contributed by atoms with E-state index >= 15 is 0 Å². The summed E-state index contributed by atoms with van der Waals surface area (Å²) in [5.74, 6) is 0.615. The zero-order valence-electron chi connectivity index (χ0n) is 16.5. The van der Waals surface area contributed by atoms with Crippen LogP contribution < -0.4 is 0 Å². The van der Waals surface area contributed by atoms with Crippen LogP contribution in [0.5, 0.6) is 0 Å². The average Bonchev–Trinajstić information content (AvgIpc) is 2.64. The van der Waals surface area contributed by atoms with E-state index in [9.17, 15) is 0 Å². The van der Waals surface area contributed by atoms with Crippen LogP contribution in [0.3, 0.4) is 0 Å². The van der Waals surface area contributed by atoms with Crippen LogP contribution in [0.2, 0.25) is 0 Å². The summed E-state index contributed by atoms with van der Waals surface area (Å²) in [6.07, 6.45) is 22.1. The molecule has 1 atom stereocenters. The third-order valence-corrected chi connectivity index (χ3v) is 5.07. The Balaban J connectivity index is 2.46. The fourth-order valence-corrected chi connectivity index (χ4v) is 3.27. The Morgan fingerprint density at radius 1 is 1.12 bits per heavy atom. The first-order chi connectivity index (χ1) is 12.7. The smallest absolute Gasteiger partial charge is 0.00887 e. The van der Waals surface area contributed by atoms with Gasteiger partial charge in [-0.15, -0.1) is 0 Å². The zero-order chi connectivity index (χ0) is 18.8. The molecular weight excluding hydrogens is 312 g/mol. The van der Waals surface area contributed by atoms with Gasteiger partial charge in [0.15, 0.2) is 0 Å². The number of aryl methyl sites for hydroxylation is 1. The molecule has 26 heavy (non-hydrogen) atoms. The molecule has 0 bridgehead atoms. The van der Waals surface area contributed by atoms with E-state index in [-0.39, 0.29) is 0 Å². The van der Waals surface area contributed by atoms with Gasteiger partial charge in [0.1, 0.15) is 0 Å². The number of hydrogen-bond donors (Lipinski definition) is 0. The Kier molecular flexibility index (Phi) is 8.15. The van der Waals surface area contributed by atoms with Gasteiger partial charge in [-0.05, 0) is 67.7 Å². The highest BCUT2D eigenvalue weighted by Crippen LogP contribution is 2.25. The van der Waals surface area contributed by atoms with Gasteiger partial charge in [0.2, 0.25) is 0 Å². The van der Waals surface area contributed by atoms with E-state index in [1.165, 1.54) is 34.3 Å². The van der Waals surface area contributed by atoms with Crippen molar-refractivity contribution in [2.45, 2.75) is 46.5 Å². The average molecular weight is 345 g/mol. The molecule has 0 saturated heterocycles. The first-order valence-corrected chi connectivity index (χ1v) is 9.72. The standard InChI is InChI=1S/C26H32/c1-5-7-16-24-19-20-25(26-18-9-8-12-22(26)4)17-11-15-23(6-2)14-10-13-21(24)3/h5,7-12,14,16-18,20,23H,1,6,13,15,19H2,2-4H3/b14-10-,16-7-,17-11-,24-21-,25-20+. The van der Waals surface area contributed by atoms with Crippen LogP contribution in [0.25, 0.3) is 5.57 Å². The van der Waals surface area contributed by atoms with Crippen LogP contribution in [-0.4, -0.2) is 0 Å². The fraction of sp³-hybridized carbons (Fsp3) is 0.308. The Labute approximate surface area is 160 Å². The molecule has 1 aliphatic carbocycles. The Bertz CT molecular complexity index is 750. The number of rotatable bonds is 4. The summed E-state index contributed by atoms with van der Waals surface area (Å²) >= 11 is 0. The number of hydrogen-bond acceptors (Lipinski definition) is 0. The molecule has 136 valence electrons. The summed E-state index contributed by atoms with van der Waals surface area (Å²) in [6, 6.07) is 8.66. The van der Waals surface area contributed by atoms with E-state index in [1.54, 1.807) is 0 Å².